The summed E-state index contributed by atoms with van der Waals surface area (Å²) in [5.41, 5.74) is -3.71. The molecule has 0 aliphatic rings. The molecule has 0 heterocycles. The maximum absolute atomic E-state index is 12.7. The first-order valence-electron chi connectivity index (χ1n) is 7.43. The van der Waals surface area contributed by atoms with E-state index in [1.807, 2.05) is 23.7 Å². The van der Waals surface area contributed by atoms with Crippen LogP contribution in [0.5, 0.6) is 0 Å². The molecule has 2 unspecified atom stereocenters. The van der Waals surface area contributed by atoms with Gasteiger partial charge in [-0.2, -0.15) is 13.2 Å². The molecule has 0 saturated heterocycles. The molecule has 0 aromatic heterocycles. The highest BCUT2D eigenvalue weighted by atomic mass is 35.5. The standard InChI is InChI=1S/C17H15ClF3NO3S2/c1-16(24,17(19,20)21)15(23)22-14-8-7-12(9-13(14)18)27(25)11-5-3-10(26-2)4-6-11/h3-9,24H,1-2H3,(H,22,23). The molecule has 1 amide bonds. The van der Waals surface area contributed by atoms with E-state index in [0.29, 0.717) is 16.7 Å². The highest BCUT2D eigenvalue weighted by Gasteiger charge is 2.55. The number of thioether (sulfide) groups is 1. The van der Waals surface area contributed by atoms with Gasteiger partial charge in [0.05, 0.1) is 10.7 Å². The van der Waals surface area contributed by atoms with Gasteiger partial charge in [-0.1, -0.05) is 11.6 Å². The number of carbonyl (C=O) groups excluding carboxylic acids is 1. The van der Waals surface area contributed by atoms with Gasteiger partial charge in [-0.05, 0) is 49.6 Å². The van der Waals surface area contributed by atoms with Gasteiger partial charge in [0.1, 0.15) is 0 Å². The predicted octanol–water partition coefficient (Wildman–Crippen LogP) is 4.48. The second kappa shape index (κ2) is 8.32. The number of aliphatic hydroxyl groups is 1. The van der Waals surface area contributed by atoms with Gasteiger partial charge in [0.2, 0.25) is 5.60 Å². The Balaban J connectivity index is 2.21. The summed E-state index contributed by atoms with van der Waals surface area (Å²) in [5.74, 6) is -1.67. The molecule has 27 heavy (non-hydrogen) atoms. The van der Waals surface area contributed by atoms with Crippen molar-refractivity contribution in [1.82, 2.24) is 0 Å². The largest absolute Gasteiger partial charge is 0.606 e. The summed E-state index contributed by atoms with van der Waals surface area (Å²) in [4.78, 5) is 13.6. The summed E-state index contributed by atoms with van der Waals surface area (Å²) in [6, 6.07) is 10.9. The smallest absolute Gasteiger partial charge is 0.426 e. The van der Waals surface area contributed by atoms with E-state index >= 15 is 0 Å². The second-order valence-corrected chi connectivity index (χ2v) is 8.38. The van der Waals surface area contributed by atoms with Crippen molar-refractivity contribution in [3.05, 3.63) is 47.5 Å². The normalized spacial score (nSPS) is 15.1. The highest BCUT2D eigenvalue weighted by Crippen LogP contribution is 2.33. The Morgan fingerprint density at radius 2 is 1.74 bits per heavy atom. The molecule has 0 spiro atoms. The predicted molar refractivity (Wildman–Crippen MR) is 99.7 cm³/mol. The van der Waals surface area contributed by atoms with Gasteiger partial charge in [-0.3, -0.25) is 4.79 Å². The van der Waals surface area contributed by atoms with Crippen LogP contribution in [-0.4, -0.2) is 33.6 Å². The summed E-state index contributed by atoms with van der Waals surface area (Å²) in [7, 11) is 0. The number of amides is 1. The van der Waals surface area contributed by atoms with Crippen molar-refractivity contribution in [3.63, 3.8) is 0 Å². The minimum absolute atomic E-state index is 0.104. The molecule has 0 bridgehead atoms. The van der Waals surface area contributed by atoms with E-state index in [4.69, 9.17) is 11.6 Å². The van der Waals surface area contributed by atoms with E-state index in [1.165, 1.54) is 30.0 Å². The Morgan fingerprint density at radius 1 is 1.19 bits per heavy atom. The van der Waals surface area contributed by atoms with Crippen molar-refractivity contribution in [1.29, 1.82) is 0 Å². The molecule has 0 saturated carbocycles. The number of anilines is 1. The first-order valence-corrected chi connectivity index (χ1v) is 10.2. The van der Waals surface area contributed by atoms with Crippen LogP contribution >= 0.6 is 23.4 Å². The van der Waals surface area contributed by atoms with Crippen LogP contribution in [0.1, 0.15) is 6.92 Å². The maximum Gasteiger partial charge on any atom is 0.426 e. The number of benzene rings is 2. The Hall–Kier alpha value is -1.39. The molecule has 4 nitrogen and oxygen atoms in total. The molecule has 2 atom stereocenters. The van der Waals surface area contributed by atoms with Crippen LogP contribution in [-0.2, 0) is 16.0 Å². The maximum atomic E-state index is 12.7. The monoisotopic (exact) mass is 437 g/mol. The SMILES string of the molecule is CSc1ccc([S+]([O-])c2ccc(NC(=O)C(C)(O)C(F)(F)F)c(Cl)c2)cc1. The first-order chi connectivity index (χ1) is 12.5. The third kappa shape index (κ3) is 4.91. The van der Waals surface area contributed by atoms with Crippen LogP contribution in [0.4, 0.5) is 18.9 Å². The topological polar surface area (TPSA) is 72.4 Å². The summed E-state index contributed by atoms with van der Waals surface area (Å²) < 4.78 is 50.7. The van der Waals surface area contributed by atoms with Crippen LogP contribution in [0.25, 0.3) is 0 Å². The molecule has 0 fully saturated rings. The molecule has 0 aliphatic carbocycles. The lowest BCUT2D eigenvalue weighted by Crippen LogP contribution is -2.52. The first kappa shape index (κ1) is 21.9. The molecule has 2 rings (SSSR count). The van der Waals surface area contributed by atoms with Gasteiger partial charge in [0, 0.05) is 22.1 Å². The minimum Gasteiger partial charge on any atom is -0.606 e. The number of hydrogen-bond acceptors (Lipinski definition) is 4. The molecular weight excluding hydrogens is 423 g/mol. The Bertz CT molecular complexity index is 829. The number of hydrogen-bond donors (Lipinski definition) is 2. The Morgan fingerprint density at radius 3 is 2.22 bits per heavy atom. The van der Waals surface area contributed by atoms with Gasteiger partial charge in [-0.15, -0.1) is 11.8 Å². The lowest BCUT2D eigenvalue weighted by molar-refractivity contribution is -0.242. The quantitative estimate of drug-likeness (QED) is 0.534. The minimum atomic E-state index is -5.14. The number of carbonyl (C=O) groups is 1. The molecular formula is C17H15ClF3NO3S2. The number of rotatable bonds is 5. The van der Waals surface area contributed by atoms with Gasteiger partial charge in [0.15, 0.2) is 9.79 Å². The average molecular weight is 438 g/mol. The zero-order valence-electron chi connectivity index (χ0n) is 14.1. The fraction of sp³-hybridized carbons (Fsp3) is 0.235. The molecule has 2 N–H and O–H groups in total. The van der Waals surface area contributed by atoms with Crippen LogP contribution in [0.2, 0.25) is 5.02 Å². The van der Waals surface area contributed by atoms with E-state index in [1.54, 1.807) is 12.1 Å². The van der Waals surface area contributed by atoms with E-state index in [-0.39, 0.29) is 10.7 Å². The zero-order valence-corrected chi connectivity index (χ0v) is 16.5. The summed E-state index contributed by atoms with van der Waals surface area (Å²) >= 11 is 5.98. The van der Waals surface area contributed by atoms with Gasteiger partial charge >= 0.3 is 6.18 Å². The molecule has 2 aromatic rings. The van der Waals surface area contributed by atoms with Crippen molar-refractivity contribution in [2.24, 2.45) is 0 Å². The average Bonchev–Trinajstić information content (AvgIpc) is 2.61. The Labute approximate surface area is 166 Å². The number of halogens is 4. The van der Waals surface area contributed by atoms with Crippen molar-refractivity contribution in [2.75, 3.05) is 11.6 Å². The fourth-order valence-corrected chi connectivity index (χ4v) is 3.69. The van der Waals surface area contributed by atoms with Gasteiger partial charge < -0.3 is 15.0 Å². The highest BCUT2D eigenvalue weighted by molar-refractivity contribution is 7.98. The molecule has 146 valence electrons. The fourth-order valence-electron chi connectivity index (χ4n) is 1.92. The molecule has 2 aromatic carbocycles. The van der Waals surface area contributed by atoms with E-state index < -0.39 is 28.9 Å². The van der Waals surface area contributed by atoms with Crippen molar-refractivity contribution < 1.29 is 27.6 Å². The van der Waals surface area contributed by atoms with Crippen LogP contribution in [0.3, 0.4) is 0 Å². The van der Waals surface area contributed by atoms with Crippen molar-refractivity contribution in [2.45, 2.75) is 33.4 Å². The summed E-state index contributed by atoms with van der Waals surface area (Å²) in [5, 5.41) is 11.2. The third-order valence-corrected chi connectivity index (χ3v) is 6.11. The van der Waals surface area contributed by atoms with Crippen LogP contribution in [0, 0.1) is 0 Å². The molecule has 10 heteroatoms. The van der Waals surface area contributed by atoms with Gasteiger partial charge in [0.25, 0.3) is 5.91 Å². The zero-order chi connectivity index (χ0) is 20.4. The van der Waals surface area contributed by atoms with E-state index in [2.05, 4.69) is 0 Å². The molecule has 0 aliphatic heterocycles. The third-order valence-electron chi connectivity index (χ3n) is 3.67. The lowest BCUT2D eigenvalue weighted by atomic mass is 10.1. The van der Waals surface area contributed by atoms with Crippen LogP contribution < -0.4 is 5.32 Å². The van der Waals surface area contributed by atoms with Crippen LogP contribution in [0.15, 0.2) is 57.2 Å². The number of nitrogens with one attached hydrogen (secondary N) is 1. The number of alkyl halides is 3. The van der Waals surface area contributed by atoms with Crippen molar-refractivity contribution >= 4 is 46.1 Å². The summed E-state index contributed by atoms with van der Waals surface area (Å²) in [6.45, 7) is 0.345. The van der Waals surface area contributed by atoms with E-state index in [0.717, 1.165) is 4.90 Å². The Kier molecular flexibility index (Phi) is 6.75. The summed E-state index contributed by atoms with van der Waals surface area (Å²) in [6.07, 6.45) is -3.23. The van der Waals surface area contributed by atoms with Crippen molar-refractivity contribution in [3.8, 4) is 0 Å². The second-order valence-electron chi connectivity index (χ2n) is 5.61. The van der Waals surface area contributed by atoms with Gasteiger partial charge in [-0.25, -0.2) is 0 Å². The van der Waals surface area contributed by atoms with E-state index in [9.17, 15) is 27.6 Å². The lowest BCUT2D eigenvalue weighted by Gasteiger charge is -2.25. The molecule has 0 radical (unpaired) electrons.